The summed E-state index contributed by atoms with van der Waals surface area (Å²) >= 11 is 0. The van der Waals surface area contributed by atoms with E-state index in [1.807, 2.05) is 18.7 Å². The first-order valence-electron chi connectivity index (χ1n) is 6.64. The van der Waals surface area contributed by atoms with Gasteiger partial charge in [-0.3, -0.25) is 0 Å². The molecule has 0 aliphatic heterocycles. The summed E-state index contributed by atoms with van der Waals surface area (Å²) in [4.78, 5) is 2.17. The highest BCUT2D eigenvalue weighted by Gasteiger charge is 2.16. The van der Waals surface area contributed by atoms with Gasteiger partial charge in [0.05, 0.1) is 11.0 Å². The molecule has 1 unspecified atom stereocenters. The average molecular weight is 301 g/mol. The van der Waals surface area contributed by atoms with E-state index in [0.717, 1.165) is 13.1 Å². The van der Waals surface area contributed by atoms with E-state index < -0.39 is 16.1 Å². The molecule has 0 aliphatic carbocycles. The Labute approximate surface area is 120 Å². The van der Waals surface area contributed by atoms with Gasteiger partial charge in [0, 0.05) is 18.8 Å². The smallest absolute Gasteiger partial charge is 0.240 e. The predicted octanol–water partition coefficient (Wildman–Crippen LogP) is 0.250. The second kappa shape index (κ2) is 7.58. The highest BCUT2D eigenvalue weighted by atomic mass is 32.2. The number of nitrogens with two attached hydrogens (primary N) is 1. The van der Waals surface area contributed by atoms with Gasteiger partial charge in [-0.1, -0.05) is 13.8 Å². The maximum atomic E-state index is 12.0. The Balaban J connectivity index is 2.57. The highest BCUT2D eigenvalue weighted by Crippen LogP contribution is 2.11. The third-order valence-corrected chi connectivity index (χ3v) is 4.50. The minimum absolute atomic E-state index is 0.0107. The van der Waals surface area contributed by atoms with Gasteiger partial charge in [0.1, 0.15) is 0 Å². The van der Waals surface area contributed by atoms with Crippen LogP contribution in [0.1, 0.15) is 13.8 Å². The molecule has 0 aromatic heterocycles. The molecule has 6 nitrogen and oxygen atoms in total. The monoisotopic (exact) mass is 301 g/mol. The van der Waals surface area contributed by atoms with E-state index >= 15 is 0 Å². The lowest BCUT2D eigenvalue weighted by atomic mass is 10.3. The molecule has 1 aromatic carbocycles. The molecule has 0 spiro atoms. The van der Waals surface area contributed by atoms with Crippen molar-refractivity contribution in [1.82, 2.24) is 9.62 Å². The first-order chi connectivity index (χ1) is 9.39. The minimum Gasteiger partial charge on any atom is -0.399 e. The van der Waals surface area contributed by atoms with E-state index in [2.05, 4.69) is 4.72 Å². The molecule has 7 heteroatoms. The van der Waals surface area contributed by atoms with Crippen molar-refractivity contribution in [2.24, 2.45) is 0 Å². The number of aliphatic hydroxyl groups excluding tert-OH is 1. The third kappa shape index (κ3) is 5.09. The van der Waals surface area contributed by atoms with Crippen LogP contribution in [0.15, 0.2) is 29.2 Å². The van der Waals surface area contributed by atoms with Crippen LogP contribution in [0.3, 0.4) is 0 Å². The standard InChI is InChI=1S/C13H23N3O3S/c1-3-16(4-2)10-12(17)9-15-20(18,19)13-7-5-11(14)6-8-13/h5-8,12,15,17H,3-4,9-10,14H2,1-2H3. The van der Waals surface area contributed by atoms with E-state index in [1.165, 1.54) is 24.3 Å². The highest BCUT2D eigenvalue weighted by molar-refractivity contribution is 7.89. The summed E-state index contributed by atoms with van der Waals surface area (Å²) in [6, 6.07) is 5.94. The number of aliphatic hydroxyl groups is 1. The van der Waals surface area contributed by atoms with E-state index in [0.29, 0.717) is 12.2 Å². The molecule has 0 amide bonds. The van der Waals surface area contributed by atoms with Gasteiger partial charge in [0.25, 0.3) is 0 Å². The number of hydrogen-bond donors (Lipinski definition) is 3. The second-order valence-electron chi connectivity index (χ2n) is 4.56. The van der Waals surface area contributed by atoms with E-state index in [-0.39, 0.29) is 11.4 Å². The van der Waals surface area contributed by atoms with Gasteiger partial charge < -0.3 is 15.7 Å². The van der Waals surface area contributed by atoms with E-state index in [4.69, 9.17) is 5.73 Å². The molecule has 1 atom stereocenters. The van der Waals surface area contributed by atoms with E-state index in [1.54, 1.807) is 0 Å². The summed E-state index contributed by atoms with van der Waals surface area (Å²) in [5, 5.41) is 9.85. The number of sulfonamides is 1. The topological polar surface area (TPSA) is 95.7 Å². The zero-order chi connectivity index (χ0) is 15.2. The number of nitrogens with one attached hydrogen (secondary N) is 1. The lowest BCUT2D eigenvalue weighted by molar-refractivity contribution is 0.121. The number of benzene rings is 1. The molecular formula is C13H23N3O3S. The first kappa shape index (κ1) is 16.9. The molecule has 0 aliphatic rings. The van der Waals surface area contributed by atoms with Crippen molar-refractivity contribution in [3.05, 3.63) is 24.3 Å². The molecule has 0 saturated heterocycles. The number of hydrogen-bond acceptors (Lipinski definition) is 5. The Morgan fingerprint density at radius 2 is 1.80 bits per heavy atom. The summed E-state index contributed by atoms with van der Waals surface area (Å²) in [5.74, 6) is 0. The SMILES string of the molecule is CCN(CC)CC(O)CNS(=O)(=O)c1ccc(N)cc1. The predicted molar refractivity (Wildman–Crippen MR) is 79.8 cm³/mol. The van der Waals surface area contributed by atoms with Gasteiger partial charge >= 0.3 is 0 Å². The number of likely N-dealkylation sites (N-methyl/N-ethyl adjacent to an activating group) is 1. The van der Waals surface area contributed by atoms with Crippen molar-refractivity contribution in [2.45, 2.75) is 24.8 Å². The van der Waals surface area contributed by atoms with Gasteiger partial charge in [0.2, 0.25) is 10.0 Å². The van der Waals surface area contributed by atoms with Crippen LogP contribution in [0.2, 0.25) is 0 Å². The molecule has 20 heavy (non-hydrogen) atoms. The summed E-state index contributed by atoms with van der Waals surface area (Å²) in [6.07, 6.45) is -0.738. The van der Waals surface area contributed by atoms with Gasteiger partial charge in [-0.05, 0) is 37.4 Å². The van der Waals surface area contributed by atoms with Crippen LogP contribution in [0.4, 0.5) is 5.69 Å². The minimum atomic E-state index is -3.61. The maximum absolute atomic E-state index is 12.0. The fraction of sp³-hybridized carbons (Fsp3) is 0.538. The number of nitrogen functional groups attached to an aromatic ring is 1. The Morgan fingerprint density at radius 3 is 2.30 bits per heavy atom. The zero-order valence-corrected chi connectivity index (χ0v) is 12.7. The Bertz CT molecular complexity index is 498. The van der Waals surface area contributed by atoms with Gasteiger partial charge in [-0.15, -0.1) is 0 Å². The summed E-state index contributed by atoms with van der Waals surface area (Å²) in [7, 11) is -3.61. The maximum Gasteiger partial charge on any atom is 0.240 e. The van der Waals surface area contributed by atoms with Crippen LogP contribution in [0.5, 0.6) is 0 Å². The zero-order valence-electron chi connectivity index (χ0n) is 11.9. The molecule has 1 rings (SSSR count). The fourth-order valence-electron chi connectivity index (χ4n) is 1.78. The molecular weight excluding hydrogens is 278 g/mol. The first-order valence-corrected chi connectivity index (χ1v) is 8.13. The Morgan fingerprint density at radius 1 is 1.25 bits per heavy atom. The van der Waals surface area contributed by atoms with Crippen LogP contribution >= 0.6 is 0 Å². The van der Waals surface area contributed by atoms with Crippen LogP contribution in [0.25, 0.3) is 0 Å². The fourth-order valence-corrected chi connectivity index (χ4v) is 2.85. The molecule has 0 radical (unpaired) electrons. The van der Waals surface area contributed by atoms with Gasteiger partial charge in [-0.2, -0.15) is 0 Å². The summed E-state index contributed by atoms with van der Waals surface area (Å²) in [5.41, 5.74) is 6.02. The van der Waals surface area contributed by atoms with Gasteiger partial charge in [0.15, 0.2) is 0 Å². The van der Waals surface area contributed by atoms with Crippen molar-refractivity contribution in [2.75, 3.05) is 31.9 Å². The number of anilines is 1. The normalized spacial score (nSPS) is 13.6. The Hall–Kier alpha value is -1.15. The van der Waals surface area contributed by atoms with Crippen LogP contribution in [-0.2, 0) is 10.0 Å². The summed E-state index contributed by atoms with van der Waals surface area (Å²) in [6.45, 7) is 6.06. The molecule has 0 bridgehead atoms. The molecule has 0 saturated carbocycles. The van der Waals surface area contributed by atoms with Crippen LogP contribution in [0, 0.1) is 0 Å². The van der Waals surface area contributed by atoms with Crippen LogP contribution in [-0.4, -0.2) is 50.7 Å². The second-order valence-corrected chi connectivity index (χ2v) is 6.33. The molecule has 114 valence electrons. The van der Waals surface area contributed by atoms with E-state index in [9.17, 15) is 13.5 Å². The Kier molecular flexibility index (Phi) is 6.41. The van der Waals surface area contributed by atoms with Crippen molar-refractivity contribution in [1.29, 1.82) is 0 Å². The molecule has 0 fully saturated rings. The lowest BCUT2D eigenvalue weighted by Crippen LogP contribution is -2.40. The van der Waals surface area contributed by atoms with Crippen molar-refractivity contribution >= 4 is 15.7 Å². The lowest BCUT2D eigenvalue weighted by Gasteiger charge is -2.22. The molecule has 4 N–H and O–H groups in total. The van der Waals surface area contributed by atoms with Crippen molar-refractivity contribution in [3.8, 4) is 0 Å². The molecule has 0 heterocycles. The summed E-state index contributed by atoms with van der Waals surface area (Å²) < 4.78 is 26.4. The quantitative estimate of drug-likeness (QED) is 0.598. The number of rotatable bonds is 8. The average Bonchev–Trinajstić information content (AvgIpc) is 2.43. The molecule has 1 aromatic rings. The van der Waals surface area contributed by atoms with Crippen LogP contribution < -0.4 is 10.5 Å². The van der Waals surface area contributed by atoms with Crippen molar-refractivity contribution < 1.29 is 13.5 Å². The number of nitrogens with zero attached hydrogens (tertiary/aromatic N) is 1. The van der Waals surface area contributed by atoms with Crippen molar-refractivity contribution in [3.63, 3.8) is 0 Å². The third-order valence-electron chi connectivity index (χ3n) is 3.06. The van der Waals surface area contributed by atoms with Gasteiger partial charge in [-0.25, -0.2) is 13.1 Å². The largest absolute Gasteiger partial charge is 0.399 e.